The van der Waals surface area contributed by atoms with Gasteiger partial charge in [0.25, 0.3) is 0 Å². The standard InChI is InChI=1S/C19H30N2O2/c1-3-5-6-7-8-9-10-11-19(23)21-20-18(4-2)16-12-14-17(22)15-13-16/h12-15,22H,3-11H2,1-2H3,(H,21,23)/b20-18+. The van der Waals surface area contributed by atoms with Crippen LogP contribution in [0.3, 0.4) is 0 Å². The van der Waals surface area contributed by atoms with Crippen LogP contribution in [0.4, 0.5) is 0 Å². The summed E-state index contributed by atoms with van der Waals surface area (Å²) in [6.45, 7) is 4.21. The molecule has 1 aromatic carbocycles. The Bertz CT molecular complexity index is 481. The molecule has 4 heteroatoms. The van der Waals surface area contributed by atoms with Crippen LogP contribution in [0.2, 0.25) is 0 Å². The first kappa shape index (κ1) is 19.2. The molecule has 0 aliphatic heterocycles. The molecule has 1 aromatic rings. The Balaban J connectivity index is 2.28. The van der Waals surface area contributed by atoms with E-state index in [1.807, 2.05) is 6.92 Å². The number of nitrogens with zero attached hydrogens (tertiary/aromatic N) is 1. The smallest absolute Gasteiger partial charge is 0.240 e. The SMILES string of the molecule is CCCCCCCCCC(=O)N/N=C(\CC)c1ccc(O)cc1. The fraction of sp³-hybridized carbons (Fsp3) is 0.579. The minimum absolute atomic E-state index is 0.0247. The highest BCUT2D eigenvalue weighted by molar-refractivity contribution is 6.00. The van der Waals surface area contributed by atoms with Crippen LogP contribution in [0, 0.1) is 0 Å². The minimum atomic E-state index is -0.0247. The first-order chi connectivity index (χ1) is 11.2. The summed E-state index contributed by atoms with van der Waals surface area (Å²) >= 11 is 0. The molecule has 0 aliphatic rings. The number of carbonyl (C=O) groups excluding carboxylic acids is 1. The predicted molar refractivity (Wildman–Crippen MR) is 95.7 cm³/mol. The first-order valence-corrected chi connectivity index (χ1v) is 8.82. The van der Waals surface area contributed by atoms with Gasteiger partial charge in [0.2, 0.25) is 5.91 Å². The lowest BCUT2D eigenvalue weighted by molar-refractivity contribution is -0.121. The average molecular weight is 318 g/mol. The number of nitrogens with one attached hydrogen (secondary N) is 1. The molecule has 0 spiro atoms. The van der Waals surface area contributed by atoms with Gasteiger partial charge in [-0.05, 0) is 42.7 Å². The molecule has 0 saturated heterocycles. The van der Waals surface area contributed by atoms with Gasteiger partial charge in [0.15, 0.2) is 0 Å². The summed E-state index contributed by atoms with van der Waals surface area (Å²) in [5.41, 5.74) is 4.38. The van der Waals surface area contributed by atoms with Gasteiger partial charge >= 0.3 is 0 Å². The molecule has 0 saturated carbocycles. The fourth-order valence-electron chi connectivity index (χ4n) is 2.43. The topological polar surface area (TPSA) is 61.7 Å². The van der Waals surface area contributed by atoms with Crippen LogP contribution in [-0.4, -0.2) is 16.7 Å². The van der Waals surface area contributed by atoms with Gasteiger partial charge in [-0.2, -0.15) is 5.10 Å². The molecule has 0 radical (unpaired) electrons. The molecular formula is C19H30N2O2. The molecule has 1 rings (SSSR count). The molecular weight excluding hydrogens is 288 g/mol. The van der Waals surface area contributed by atoms with Crippen molar-refractivity contribution >= 4 is 11.6 Å². The predicted octanol–water partition coefficient (Wildman–Crippen LogP) is 4.76. The maximum atomic E-state index is 11.8. The quantitative estimate of drug-likeness (QED) is 0.351. The van der Waals surface area contributed by atoms with Gasteiger partial charge in [-0.25, -0.2) is 5.43 Å². The third kappa shape index (κ3) is 8.38. The van der Waals surface area contributed by atoms with E-state index in [4.69, 9.17) is 0 Å². The number of phenols is 1. The summed E-state index contributed by atoms with van der Waals surface area (Å²) in [6, 6.07) is 6.86. The highest BCUT2D eigenvalue weighted by Gasteiger charge is 2.04. The van der Waals surface area contributed by atoms with Crippen molar-refractivity contribution in [3.05, 3.63) is 29.8 Å². The van der Waals surface area contributed by atoms with E-state index in [9.17, 15) is 9.90 Å². The van der Waals surface area contributed by atoms with E-state index in [0.29, 0.717) is 6.42 Å². The minimum Gasteiger partial charge on any atom is -0.508 e. The number of benzene rings is 1. The molecule has 128 valence electrons. The van der Waals surface area contributed by atoms with E-state index < -0.39 is 0 Å². The summed E-state index contributed by atoms with van der Waals surface area (Å²) in [7, 11) is 0. The molecule has 0 bridgehead atoms. The zero-order valence-corrected chi connectivity index (χ0v) is 14.5. The lowest BCUT2D eigenvalue weighted by Crippen LogP contribution is -2.19. The Hall–Kier alpha value is -1.84. The van der Waals surface area contributed by atoms with Gasteiger partial charge in [-0.15, -0.1) is 0 Å². The van der Waals surface area contributed by atoms with Crippen LogP contribution < -0.4 is 5.43 Å². The van der Waals surface area contributed by atoms with Crippen LogP contribution in [0.15, 0.2) is 29.4 Å². The monoisotopic (exact) mass is 318 g/mol. The maximum absolute atomic E-state index is 11.8. The van der Waals surface area contributed by atoms with Gasteiger partial charge in [0.05, 0.1) is 5.71 Å². The first-order valence-electron chi connectivity index (χ1n) is 8.82. The number of carbonyl (C=O) groups is 1. The molecule has 0 heterocycles. The normalized spacial score (nSPS) is 11.5. The summed E-state index contributed by atoms with van der Waals surface area (Å²) in [5.74, 6) is 0.204. The highest BCUT2D eigenvalue weighted by Crippen LogP contribution is 2.12. The van der Waals surface area contributed by atoms with Crippen molar-refractivity contribution in [3.8, 4) is 5.75 Å². The summed E-state index contributed by atoms with van der Waals surface area (Å²) in [5, 5.41) is 13.5. The Kier molecular flexibility index (Phi) is 9.76. The fourth-order valence-corrected chi connectivity index (χ4v) is 2.43. The Labute approximate surface area is 140 Å². The van der Waals surface area contributed by atoms with Gasteiger partial charge in [0, 0.05) is 6.42 Å². The van der Waals surface area contributed by atoms with E-state index in [1.54, 1.807) is 24.3 Å². The number of aromatic hydroxyl groups is 1. The number of rotatable bonds is 11. The lowest BCUT2D eigenvalue weighted by Gasteiger charge is -2.06. The van der Waals surface area contributed by atoms with Crippen molar-refractivity contribution in [2.75, 3.05) is 0 Å². The van der Waals surface area contributed by atoms with Crippen LogP contribution in [-0.2, 0) is 4.79 Å². The number of hydrogen-bond donors (Lipinski definition) is 2. The molecule has 1 amide bonds. The third-order valence-corrected chi connectivity index (χ3v) is 3.86. The zero-order valence-electron chi connectivity index (χ0n) is 14.5. The Morgan fingerprint density at radius 1 is 1.00 bits per heavy atom. The summed E-state index contributed by atoms with van der Waals surface area (Å²) in [6.07, 6.45) is 9.66. The van der Waals surface area contributed by atoms with E-state index in [0.717, 1.165) is 30.5 Å². The zero-order chi connectivity index (χ0) is 16.9. The molecule has 23 heavy (non-hydrogen) atoms. The Morgan fingerprint density at radius 2 is 1.61 bits per heavy atom. The molecule has 2 N–H and O–H groups in total. The summed E-state index contributed by atoms with van der Waals surface area (Å²) in [4.78, 5) is 11.8. The largest absolute Gasteiger partial charge is 0.508 e. The van der Waals surface area contributed by atoms with Crippen molar-refractivity contribution < 1.29 is 9.90 Å². The number of hydrazone groups is 1. The van der Waals surface area contributed by atoms with Crippen molar-refractivity contribution in [2.24, 2.45) is 5.10 Å². The molecule has 0 unspecified atom stereocenters. The molecule has 0 atom stereocenters. The number of hydrogen-bond acceptors (Lipinski definition) is 3. The van der Waals surface area contributed by atoms with Crippen LogP contribution in [0.1, 0.15) is 77.2 Å². The summed E-state index contributed by atoms with van der Waals surface area (Å²) < 4.78 is 0. The van der Waals surface area contributed by atoms with E-state index in [2.05, 4.69) is 17.5 Å². The van der Waals surface area contributed by atoms with Crippen molar-refractivity contribution in [1.29, 1.82) is 0 Å². The second kappa shape index (κ2) is 11.7. The Morgan fingerprint density at radius 3 is 2.22 bits per heavy atom. The van der Waals surface area contributed by atoms with Gasteiger partial charge in [0.1, 0.15) is 5.75 Å². The highest BCUT2D eigenvalue weighted by atomic mass is 16.3. The third-order valence-electron chi connectivity index (χ3n) is 3.86. The second-order valence-electron chi connectivity index (χ2n) is 5.87. The second-order valence-corrected chi connectivity index (χ2v) is 5.87. The van der Waals surface area contributed by atoms with Crippen molar-refractivity contribution in [1.82, 2.24) is 5.43 Å². The van der Waals surface area contributed by atoms with Crippen LogP contribution in [0.5, 0.6) is 5.75 Å². The molecule has 0 aliphatic carbocycles. The van der Waals surface area contributed by atoms with Gasteiger partial charge in [-0.1, -0.05) is 52.4 Å². The molecule has 4 nitrogen and oxygen atoms in total. The van der Waals surface area contributed by atoms with Gasteiger partial charge in [-0.3, -0.25) is 4.79 Å². The molecule has 0 aromatic heterocycles. The van der Waals surface area contributed by atoms with E-state index >= 15 is 0 Å². The van der Waals surface area contributed by atoms with Crippen molar-refractivity contribution in [3.63, 3.8) is 0 Å². The van der Waals surface area contributed by atoms with E-state index in [-0.39, 0.29) is 11.7 Å². The lowest BCUT2D eigenvalue weighted by atomic mass is 10.1. The molecule has 0 fully saturated rings. The van der Waals surface area contributed by atoms with E-state index in [1.165, 1.54) is 32.1 Å². The number of phenolic OH excluding ortho intramolecular Hbond substituents is 1. The van der Waals surface area contributed by atoms with Gasteiger partial charge < -0.3 is 5.11 Å². The average Bonchev–Trinajstić information content (AvgIpc) is 2.56. The number of amides is 1. The number of unbranched alkanes of at least 4 members (excludes halogenated alkanes) is 6. The van der Waals surface area contributed by atoms with Crippen LogP contribution >= 0.6 is 0 Å². The van der Waals surface area contributed by atoms with Crippen LogP contribution in [0.25, 0.3) is 0 Å². The van der Waals surface area contributed by atoms with Crippen molar-refractivity contribution in [2.45, 2.75) is 71.6 Å². The maximum Gasteiger partial charge on any atom is 0.240 e.